The van der Waals surface area contributed by atoms with E-state index in [1.807, 2.05) is 6.26 Å². The zero-order valence-electron chi connectivity index (χ0n) is 11.0. The van der Waals surface area contributed by atoms with Crippen molar-refractivity contribution in [2.45, 2.75) is 24.3 Å². The first kappa shape index (κ1) is 15.5. The number of amides is 1. The first-order valence-electron chi connectivity index (χ1n) is 5.57. The zero-order valence-corrected chi connectivity index (χ0v) is 11.8. The van der Waals surface area contributed by atoms with Crippen molar-refractivity contribution in [3.8, 4) is 0 Å². The molecule has 0 saturated carbocycles. The average Bonchev–Trinajstić information content (AvgIpc) is 2.34. The number of aliphatic hydroxyl groups is 1. The summed E-state index contributed by atoms with van der Waals surface area (Å²) in [7, 11) is 0. The van der Waals surface area contributed by atoms with Crippen LogP contribution >= 0.6 is 11.8 Å². The number of carbonyl (C=O) groups excluding carboxylic acids is 1. The van der Waals surface area contributed by atoms with Crippen LogP contribution in [0.1, 0.15) is 24.2 Å². The lowest BCUT2D eigenvalue weighted by molar-refractivity contribution is -0.385. The molecule has 2 N–H and O–H groups in total. The predicted octanol–water partition coefficient (Wildman–Crippen LogP) is 1.82. The van der Waals surface area contributed by atoms with Crippen molar-refractivity contribution in [2.75, 3.05) is 12.8 Å². The number of carbonyl (C=O) groups is 1. The van der Waals surface area contributed by atoms with Gasteiger partial charge in [-0.3, -0.25) is 14.9 Å². The van der Waals surface area contributed by atoms with Crippen molar-refractivity contribution >= 4 is 23.4 Å². The third-order valence-electron chi connectivity index (χ3n) is 2.33. The van der Waals surface area contributed by atoms with E-state index < -0.39 is 16.4 Å². The van der Waals surface area contributed by atoms with Crippen LogP contribution in [0.5, 0.6) is 0 Å². The Morgan fingerprint density at radius 2 is 2.16 bits per heavy atom. The van der Waals surface area contributed by atoms with E-state index in [1.165, 1.54) is 23.9 Å². The lowest BCUT2D eigenvalue weighted by atomic mass is 10.1. The van der Waals surface area contributed by atoms with Gasteiger partial charge in [-0.15, -0.1) is 11.8 Å². The Hall–Kier alpha value is -1.60. The van der Waals surface area contributed by atoms with Crippen LogP contribution in [-0.4, -0.2) is 34.3 Å². The van der Waals surface area contributed by atoms with E-state index in [9.17, 15) is 20.0 Å². The SMILES string of the molecule is CSc1ccc([N+](=O)[O-])c(C(=O)NCC(C)(C)O)c1. The summed E-state index contributed by atoms with van der Waals surface area (Å²) in [6, 6.07) is 4.38. The summed E-state index contributed by atoms with van der Waals surface area (Å²) >= 11 is 1.39. The Labute approximate surface area is 115 Å². The maximum atomic E-state index is 11.9. The second kappa shape index (κ2) is 6.03. The number of nitrogens with one attached hydrogen (secondary N) is 1. The number of hydrogen-bond donors (Lipinski definition) is 2. The standard InChI is InChI=1S/C12H16N2O4S/c1-12(2,16)7-13-11(15)9-6-8(19-3)4-5-10(9)14(17)18/h4-6,16H,7H2,1-3H3,(H,13,15). The van der Waals surface area contributed by atoms with Crippen LogP contribution in [-0.2, 0) is 0 Å². The topological polar surface area (TPSA) is 92.5 Å². The van der Waals surface area contributed by atoms with Gasteiger partial charge < -0.3 is 10.4 Å². The molecule has 0 aliphatic rings. The van der Waals surface area contributed by atoms with Gasteiger partial charge in [-0.05, 0) is 32.2 Å². The summed E-state index contributed by atoms with van der Waals surface area (Å²) < 4.78 is 0. The molecule has 0 fully saturated rings. The monoisotopic (exact) mass is 284 g/mol. The molecule has 0 spiro atoms. The zero-order chi connectivity index (χ0) is 14.6. The van der Waals surface area contributed by atoms with E-state index in [-0.39, 0.29) is 17.8 Å². The first-order chi connectivity index (χ1) is 8.74. The average molecular weight is 284 g/mol. The van der Waals surface area contributed by atoms with E-state index >= 15 is 0 Å². The molecule has 1 rings (SSSR count). The Kier molecular flexibility index (Phi) is 4.90. The molecule has 0 heterocycles. The second-order valence-corrected chi connectivity index (χ2v) is 5.51. The van der Waals surface area contributed by atoms with E-state index in [2.05, 4.69) is 5.32 Å². The summed E-state index contributed by atoms with van der Waals surface area (Å²) in [4.78, 5) is 23.0. The molecule has 0 aliphatic heterocycles. The minimum atomic E-state index is -1.07. The summed E-state index contributed by atoms with van der Waals surface area (Å²) in [5.41, 5.74) is -1.31. The third-order valence-corrected chi connectivity index (χ3v) is 3.05. The number of thioether (sulfide) groups is 1. The van der Waals surface area contributed by atoms with E-state index in [0.29, 0.717) is 0 Å². The molecule has 0 atom stereocenters. The number of nitro groups is 1. The van der Waals surface area contributed by atoms with E-state index in [4.69, 9.17) is 0 Å². The summed E-state index contributed by atoms with van der Waals surface area (Å²) in [5.74, 6) is -0.565. The molecule has 0 saturated heterocycles. The normalized spacial score (nSPS) is 11.2. The van der Waals surface area contributed by atoms with E-state index in [1.54, 1.807) is 19.9 Å². The highest BCUT2D eigenvalue weighted by molar-refractivity contribution is 7.98. The highest BCUT2D eigenvalue weighted by Gasteiger charge is 2.22. The van der Waals surface area contributed by atoms with Crippen LogP contribution in [0.2, 0.25) is 0 Å². The van der Waals surface area contributed by atoms with E-state index in [0.717, 1.165) is 4.90 Å². The molecular formula is C12H16N2O4S. The van der Waals surface area contributed by atoms with Gasteiger partial charge in [0.05, 0.1) is 10.5 Å². The van der Waals surface area contributed by atoms with Gasteiger partial charge in [0.15, 0.2) is 0 Å². The fraction of sp³-hybridized carbons (Fsp3) is 0.417. The number of nitro benzene ring substituents is 1. The predicted molar refractivity (Wildman–Crippen MR) is 73.5 cm³/mol. The number of hydrogen-bond acceptors (Lipinski definition) is 5. The van der Waals surface area contributed by atoms with Gasteiger partial charge in [-0.2, -0.15) is 0 Å². The van der Waals surface area contributed by atoms with Gasteiger partial charge >= 0.3 is 0 Å². The fourth-order valence-corrected chi connectivity index (χ4v) is 1.81. The van der Waals surface area contributed by atoms with Crippen LogP contribution in [0.3, 0.4) is 0 Å². The van der Waals surface area contributed by atoms with Gasteiger partial charge in [0.2, 0.25) is 0 Å². The van der Waals surface area contributed by atoms with Crippen molar-refractivity contribution < 1.29 is 14.8 Å². The van der Waals surface area contributed by atoms with Crippen molar-refractivity contribution in [1.82, 2.24) is 5.32 Å². The minimum absolute atomic E-state index is 0.00102. The fourth-order valence-electron chi connectivity index (χ4n) is 1.38. The Bertz CT molecular complexity index is 497. The highest BCUT2D eigenvalue weighted by Crippen LogP contribution is 2.24. The number of benzene rings is 1. The van der Waals surface area contributed by atoms with Crippen LogP contribution in [0, 0.1) is 10.1 Å². The van der Waals surface area contributed by atoms with Gasteiger partial charge in [0.1, 0.15) is 5.56 Å². The second-order valence-electron chi connectivity index (χ2n) is 4.64. The van der Waals surface area contributed by atoms with Gasteiger partial charge in [0, 0.05) is 17.5 Å². The molecule has 0 aliphatic carbocycles. The van der Waals surface area contributed by atoms with Crippen LogP contribution in [0.4, 0.5) is 5.69 Å². The Morgan fingerprint density at radius 3 is 2.63 bits per heavy atom. The molecular weight excluding hydrogens is 268 g/mol. The Balaban J connectivity index is 3.02. The van der Waals surface area contributed by atoms with Crippen LogP contribution in [0.25, 0.3) is 0 Å². The molecule has 0 bridgehead atoms. The highest BCUT2D eigenvalue weighted by atomic mass is 32.2. The molecule has 1 aromatic carbocycles. The summed E-state index contributed by atoms with van der Waals surface area (Å²) in [5, 5.41) is 22.9. The van der Waals surface area contributed by atoms with Crippen molar-refractivity contribution in [3.63, 3.8) is 0 Å². The third kappa shape index (κ3) is 4.53. The molecule has 6 nitrogen and oxygen atoms in total. The molecule has 0 aromatic heterocycles. The molecule has 1 aromatic rings. The molecule has 19 heavy (non-hydrogen) atoms. The quantitative estimate of drug-likeness (QED) is 0.489. The summed E-state index contributed by atoms with van der Waals surface area (Å²) in [6.07, 6.45) is 1.82. The first-order valence-corrected chi connectivity index (χ1v) is 6.80. The maximum absolute atomic E-state index is 11.9. The smallest absolute Gasteiger partial charge is 0.282 e. The van der Waals surface area contributed by atoms with Crippen molar-refractivity contribution in [2.24, 2.45) is 0 Å². The minimum Gasteiger partial charge on any atom is -0.389 e. The van der Waals surface area contributed by atoms with Crippen LogP contribution < -0.4 is 5.32 Å². The van der Waals surface area contributed by atoms with Gasteiger partial charge in [-0.1, -0.05) is 0 Å². The van der Waals surface area contributed by atoms with Crippen molar-refractivity contribution in [1.29, 1.82) is 0 Å². The molecule has 104 valence electrons. The lowest BCUT2D eigenvalue weighted by Gasteiger charge is -2.17. The molecule has 7 heteroatoms. The molecule has 0 radical (unpaired) electrons. The Morgan fingerprint density at radius 1 is 1.53 bits per heavy atom. The number of rotatable bonds is 5. The summed E-state index contributed by atoms with van der Waals surface area (Å²) in [6.45, 7) is 3.10. The van der Waals surface area contributed by atoms with Crippen molar-refractivity contribution in [3.05, 3.63) is 33.9 Å². The number of nitrogens with zero attached hydrogens (tertiary/aromatic N) is 1. The van der Waals surface area contributed by atoms with Gasteiger partial charge in [0.25, 0.3) is 11.6 Å². The van der Waals surface area contributed by atoms with Crippen LogP contribution in [0.15, 0.2) is 23.1 Å². The molecule has 0 unspecified atom stereocenters. The molecule has 1 amide bonds. The lowest BCUT2D eigenvalue weighted by Crippen LogP contribution is -2.38. The maximum Gasteiger partial charge on any atom is 0.282 e. The largest absolute Gasteiger partial charge is 0.389 e. The van der Waals surface area contributed by atoms with Gasteiger partial charge in [-0.25, -0.2) is 0 Å².